The highest BCUT2D eigenvalue weighted by Crippen LogP contribution is 2.29. The summed E-state index contributed by atoms with van der Waals surface area (Å²) in [5.74, 6) is 0.430. The number of anilines is 1. The molecule has 1 aliphatic heterocycles. The van der Waals surface area contributed by atoms with Crippen LogP contribution in [-0.4, -0.2) is 35.1 Å². The van der Waals surface area contributed by atoms with Gasteiger partial charge in [0, 0.05) is 13.1 Å². The van der Waals surface area contributed by atoms with E-state index in [-0.39, 0.29) is 5.91 Å². The van der Waals surface area contributed by atoms with Gasteiger partial charge >= 0.3 is 0 Å². The van der Waals surface area contributed by atoms with Crippen LogP contribution in [0, 0.1) is 0 Å². The second-order valence-electron chi connectivity index (χ2n) is 3.75. The van der Waals surface area contributed by atoms with E-state index in [1.165, 1.54) is 29.5 Å². The Morgan fingerprint density at radius 2 is 2.12 bits per heavy atom. The maximum absolute atomic E-state index is 12.2. The van der Waals surface area contributed by atoms with Crippen LogP contribution in [0.25, 0.3) is 0 Å². The van der Waals surface area contributed by atoms with Crippen molar-refractivity contribution in [1.82, 2.24) is 9.88 Å². The first kappa shape index (κ1) is 11.7. The van der Waals surface area contributed by atoms with E-state index in [1.807, 2.05) is 11.2 Å². The van der Waals surface area contributed by atoms with Gasteiger partial charge in [-0.05, 0) is 25.5 Å². The van der Waals surface area contributed by atoms with Crippen LogP contribution >= 0.6 is 23.1 Å². The average molecular weight is 257 g/mol. The molecule has 1 saturated heterocycles. The Balaban J connectivity index is 2.15. The number of rotatable bonds is 2. The van der Waals surface area contributed by atoms with Crippen LogP contribution in [0.15, 0.2) is 4.34 Å². The molecule has 1 aromatic heterocycles. The maximum atomic E-state index is 12.2. The second kappa shape index (κ2) is 5.05. The molecule has 0 atom stereocenters. The van der Waals surface area contributed by atoms with Crippen molar-refractivity contribution in [2.75, 3.05) is 25.1 Å². The first-order chi connectivity index (χ1) is 7.72. The molecule has 1 fully saturated rings. The fraction of sp³-hybridized carbons (Fsp3) is 0.600. The zero-order chi connectivity index (χ0) is 11.5. The Bertz CT molecular complexity index is 385. The number of amides is 1. The molecule has 0 radical (unpaired) electrons. The fourth-order valence-electron chi connectivity index (χ4n) is 1.79. The van der Waals surface area contributed by atoms with Crippen molar-refractivity contribution >= 4 is 34.8 Å². The van der Waals surface area contributed by atoms with Gasteiger partial charge in [-0.1, -0.05) is 11.8 Å². The summed E-state index contributed by atoms with van der Waals surface area (Å²) >= 11 is 2.92. The van der Waals surface area contributed by atoms with Gasteiger partial charge in [0.05, 0.1) is 0 Å². The summed E-state index contributed by atoms with van der Waals surface area (Å²) in [7, 11) is 0. The number of aromatic nitrogens is 1. The fourth-order valence-corrected chi connectivity index (χ4v) is 3.25. The Hall–Kier alpha value is -0.750. The number of thiazole rings is 1. The highest BCUT2D eigenvalue weighted by Gasteiger charge is 2.23. The predicted molar refractivity (Wildman–Crippen MR) is 68.1 cm³/mol. The molecule has 2 rings (SSSR count). The number of thioether (sulfide) groups is 1. The number of hydrogen-bond acceptors (Lipinski definition) is 5. The molecule has 1 amide bonds. The van der Waals surface area contributed by atoms with Crippen LogP contribution in [0.1, 0.15) is 28.9 Å². The lowest BCUT2D eigenvalue weighted by Crippen LogP contribution is -2.35. The lowest BCUT2D eigenvalue weighted by molar-refractivity contribution is 0.0730. The minimum absolute atomic E-state index is 0.0509. The molecule has 2 N–H and O–H groups in total. The molecular formula is C10H15N3OS2. The molecule has 4 nitrogen and oxygen atoms in total. The van der Waals surface area contributed by atoms with Gasteiger partial charge < -0.3 is 10.6 Å². The summed E-state index contributed by atoms with van der Waals surface area (Å²) < 4.78 is 0.859. The van der Waals surface area contributed by atoms with Crippen molar-refractivity contribution in [3.05, 3.63) is 4.88 Å². The summed E-state index contributed by atoms with van der Waals surface area (Å²) in [4.78, 5) is 18.8. The highest BCUT2D eigenvalue weighted by molar-refractivity contribution is 8.00. The molecule has 0 aliphatic carbocycles. The molecule has 0 aromatic carbocycles. The molecule has 1 aliphatic rings. The summed E-state index contributed by atoms with van der Waals surface area (Å²) in [6.07, 6.45) is 5.35. The summed E-state index contributed by atoms with van der Waals surface area (Å²) in [5, 5.41) is 0. The lowest BCUT2D eigenvalue weighted by Gasteiger charge is -2.26. The smallest absolute Gasteiger partial charge is 0.267 e. The zero-order valence-corrected chi connectivity index (χ0v) is 10.9. The van der Waals surface area contributed by atoms with E-state index >= 15 is 0 Å². The van der Waals surface area contributed by atoms with Crippen molar-refractivity contribution in [2.45, 2.75) is 23.6 Å². The number of carbonyl (C=O) groups excluding carboxylic acids is 1. The third-order valence-corrected chi connectivity index (χ3v) is 4.69. The lowest BCUT2D eigenvalue weighted by atomic mass is 10.1. The van der Waals surface area contributed by atoms with Crippen LogP contribution < -0.4 is 5.73 Å². The molecule has 0 spiro atoms. The van der Waals surface area contributed by atoms with Crippen LogP contribution in [0.4, 0.5) is 5.82 Å². The van der Waals surface area contributed by atoms with E-state index in [4.69, 9.17) is 5.73 Å². The minimum atomic E-state index is 0.0509. The van der Waals surface area contributed by atoms with Gasteiger partial charge in [-0.15, -0.1) is 11.3 Å². The molecular weight excluding hydrogens is 242 g/mol. The second-order valence-corrected chi connectivity index (χ2v) is 5.80. The summed E-state index contributed by atoms with van der Waals surface area (Å²) in [6, 6.07) is 0. The Labute approximate surface area is 103 Å². The normalized spacial score (nSPS) is 16.4. The van der Waals surface area contributed by atoms with Crippen LogP contribution in [0.2, 0.25) is 0 Å². The van der Waals surface area contributed by atoms with Crippen molar-refractivity contribution in [3.63, 3.8) is 0 Å². The van der Waals surface area contributed by atoms with Crippen molar-refractivity contribution in [1.29, 1.82) is 0 Å². The first-order valence-electron chi connectivity index (χ1n) is 5.32. The maximum Gasteiger partial charge on any atom is 0.267 e. The molecule has 0 saturated carbocycles. The topological polar surface area (TPSA) is 59.2 Å². The molecule has 6 heteroatoms. The quantitative estimate of drug-likeness (QED) is 0.824. The predicted octanol–water partition coefficient (Wildman–Crippen LogP) is 2.07. The Kier molecular flexibility index (Phi) is 3.70. The Morgan fingerprint density at radius 1 is 1.44 bits per heavy atom. The van der Waals surface area contributed by atoms with E-state index in [0.717, 1.165) is 30.3 Å². The monoisotopic (exact) mass is 257 g/mol. The minimum Gasteiger partial charge on any atom is -0.382 e. The van der Waals surface area contributed by atoms with Crippen LogP contribution in [0.5, 0.6) is 0 Å². The van der Waals surface area contributed by atoms with E-state index in [9.17, 15) is 4.79 Å². The average Bonchev–Trinajstić information content (AvgIpc) is 2.71. The largest absolute Gasteiger partial charge is 0.382 e. The van der Waals surface area contributed by atoms with Crippen molar-refractivity contribution < 1.29 is 4.79 Å². The SMILES string of the molecule is CSc1nc(N)c(C(=O)N2CCCCC2)s1. The van der Waals surface area contributed by atoms with Gasteiger partial charge in [0.2, 0.25) is 0 Å². The summed E-state index contributed by atoms with van der Waals surface area (Å²) in [5.41, 5.74) is 5.76. The highest BCUT2D eigenvalue weighted by atomic mass is 32.2. The number of hydrogen-bond donors (Lipinski definition) is 1. The number of nitrogens with two attached hydrogens (primary N) is 1. The van der Waals surface area contributed by atoms with E-state index in [0.29, 0.717) is 10.7 Å². The van der Waals surface area contributed by atoms with Crippen molar-refractivity contribution in [3.8, 4) is 0 Å². The first-order valence-corrected chi connectivity index (χ1v) is 7.36. The van der Waals surface area contributed by atoms with Gasteiger partial charge in [-0.2, -0.15) is 0 Å². The van der Waals surface area contributed by atoms with Gasteiger partial charge in [-0.3, -0.25) is 4.79 Å². The number of piperidine rings is 1. The third-order valence-electron chi connectivity index (χ3n) is 2.65. The molecule has 0 unspecified atom stereocenters. The number of carbonyl (C=O) groups is 1. The molecule has 2 heterocycles. The number of nitrogen functional groups attached to an aromatic ring is 1. The van der Waals surface area contributed by atoms with Gasteiger partial charge in [0.1, 0.15) is 10.7 Å². The van der Waals surface area contributed by atoms with E-state index < -0.39 is 0 Å². The molecule has 0 bridgehead atoms. The van der Waals surface area contributed by atoms with Crippen LogP contribution in [-0.2, 0) is 0 Å². The van der Waals surface area contributed by atoms with Crippen molar-refractivity contribution in [2.24, 2.45) is 0 Å². The standard InChI is InChI=1S/C10H15N3OS2/c1-15-10-12-8(11)7(16-10)9(14)13-5-3-2-4-6-13/h2-6,11H2,1H3. The number of likely N-dealkylation sites (tertiary alicyclic amines) is 1. The third kappa shape index (κ3) is 2.32. The zero-order valence-electron chi connectivity index (χ0n) is 9.23. The van der Waals surface area contributed by atoms with E-state index in [1.54, 1.807) is 0 Å². The molecule has 1 aromatic rings. The summed E-state index contributed by atoms with van der Waals surface area (Å²) in [6.45, 7) is 1.70. The van der Waals surface area contributed by atoms with Gasteiger partial charge in [0.25, 0.3) is 5.91 Å². The Morgan fingerprint density at radius 3 is 2.69 bits per heavy atom. The van der Waals surface area contributed by atoms with Crippen LogP contribution in [0.3, 0.4) is 0 Å². The van der Waals surface area contributed by atoms with Gasteiger partial charge in [0.15, 0.2) is 4.34 Å². The van der Waals surface area contributed by atoms with E-state index in [2.05, 4.69) is 4.98 Å². The molecule has 16 heavy (non-hydrogen) atoms. The molecule has 88 valence electrons. The number of nitrogens with zero attached hydrogens (tertiary/aromatic N) is 2. The van der Waals surface area contributed by atoms with Gasteiger partial charge in [-0.25, -0.2) is 4.98 Å².